The molecule has 0 saturated heterocycles. The lowest BCUT2D eigenvalue weighted by Crippen LogP contribution is -2.12. The van der Waals surface area contributed by atoms with Gasteiger partial charge in [0.1, 0.15) is 0 Å². The van der Waals surface area contributed by atoms with Crippen LogP contribution in [0, 0.1) is 0 Å². The summed E-state index contributed by atoms with van der Waals surface area (Å²) in [6, 6.07) is 0. The summed E-state index contributed by atoms with van der Waals surface area (Å²) in [5.74, 6) is 0. The summed E-state index contributed by atoms with van der Waals surface area (Å²) in [5.41, 5.74) is 0. The monoisotopic (exact) mass is 292 g/mol. The summed E-state index contributed by atoms with van der Waals surface area (Å²) >= 11 is 8.04. The van der Waals surface area contributed by atoms with E-state index in [1.54, 1.807) is 13.8 Å². The molecule has 7 heteroatoms. The third kappa shape index (κ3) is 4.09. The molecule has 78 valence electrons. The van der Waals surface area contributed by atoms with Gasteiger partial charge in [0.05, 0.1) is 13.2 Å². The van der Waals surface area contributed by atoms with Crippen molar-refractivity contribution in [2.24, 2.45) is 0 Å². The molecule has 0 saturated carbocycles. The van der Waals surface area contributed by atoms with Gasteiger partial charge in [-0.25, -0.2) is 0 Å². The molecular weight excluding hydrogens is 282 g/mol. The Morgan fingerprint density at radius 2 is 1.85 bits per heavy atom. The topological polar surface area (TPSA) is 52.6 Å². The molecule has 0 aromatic carbocycles. The molecular formula is C6H11BrClO4P. The molecule has 1 atom stereocenters. The highest BCUT2D eigenvalue weighted by Crippen LogP contribution is 2.56. The van der Waals surface area contributed by atoms with E-state index in [1.807, 2.05) is 0 Å². The fraction of sp³-hybridized carbons (Fsp3) is 0.833. The van der Waals surface area contributed by atoms with Crippen molar-refractivity contribution in [3.63, 3.8) is 0 Å². The van der Waals surface area contributed by atoms with Crippen LogP contribution in [0.1, 0.15) is 13.8 Å². The molecule has 0 amide bonds. The van der Waals surface area contributed by atoms with E-state index in [0.717, 1.165) is 0 Å². The van der Waals surface area contributed by atoms with Gasteiger partial charge in [0.2, 0.25) is 5.24 Å². The van der Waals surface area contributed by atoms with Crippen LogP contribution in [0.5, 0.6) is 0 Å². The molecule has 0 aliphatic heterocycles. The van der Waals surface area contributed by atoms with E-state index in [-0.39, 0.29) is 13.2 Å². The van der Waals surface area contributed by atoms with Crippen LogP contribution in [-0.2, 0) is 18.4 Å². The number of halogens is 2. The van der Waals surface area contributed by atoms with Crippen molar-refractivity contribution in [3.05, 3.63) is 0 Å². The smallest absolute Gasteiger partial charge is 0.308 e. The Kier molecular flexibility index (Phi) is 6.42. The predicted octanol–water partition coefficient (Wildman–Crippen LogP) is 2.74. The Morgan fingerprint density at radius 1 is 1.46 bits per heavy atom. The van der Waals surface area contributed by atoms with E-state index in [4.69, 9.17) is 20.6 Å². The third-order valence-corrected chi connectivity index (χ3v) is 5.66. The average molecular weight is 293 g/mol. The van der Waals surface area contributed by atoms with Gasteiger partial charge in [-0.05, 0) is 25.4 Å². The second-order valence-corrected chi connectivity index (χ2v) is 6.12. The van der Waals surface area contributed by atoms with Gasteiger partial charge in [0, 0.05) is 0 Å². The van der Waals surface area contributed by atoms with Gasteiger partial charge >= 0.3 is 7.60 Å². The second kappa shape index (κ2) is 6.14. The summed E-state index contributed by atoms with van der Waals surface area (Å²) in [4.78, 5) is 10.7. The maximum absolute atomic E-state index is 11.8. The van der Waals surface area contributed by atoms with E-state index in [0.29, 0.717) is 0 Å². The van der Waals surface area contributed by atoms with Gasteiger partial charge in [-0.1, -0.05) is 15.9 Å². The lowest BCUT2D eigenvalue weighted by molar-refractivity contribution is -0.110. The van der Waals surface area contributed by atoms with Crippen LogP contribution >= 0.6 is 35.1 Å². The summed E-state index contributed by atoms with van der Waals surface area (Å²) in [5, 5.41) is -0.787. The van der Waals surface area contributed by atoms with Crippen molar-refractivity contribution in [3.8, 4) is 0 Å². The number of rotatable bonds is 6. The molecule has 0 aromatic rings. The van der Waals surface area contributed by atoms with Gasteiger partial charge in [-0.2, -0.15) is 0 Å². The molecule has 0 heterocycles. The van der Waals surface area contributed by atoms with Crippen LogP contribution in [0.2, 0.25) is 0 Å². The number of carbonyl (C=O) groups excluding carboxylic acids is 1. The van der Waals surface area contributed by atoms with Gasteiger partial charge in [-0.3, -0.25) is 9.36 Å². The van der Waals surface area contributed by atoms with Crippen molar-refractivity contribution in [2.45, 2.75) is 18.4 Å². The molecule has 13 heavy (non-hydrogen) atoms. The molecule has 1 unspecified atom stereocenters. The lowest BCUT2D eigenvalue weighted by atomic mass is 10.9. The molecule has 0 N–H and O–H groups in total. The molecule has 0 aliphatic rings. The average Bonchev–Trinajstić information content (AvgIpc) is 2.03. The summed E-state index contributed by atoms with van der Waals surface area (Å²) in [6.45, 7) is 3.71. The van der Waals surface area contributed by atoms with E-state index in [1.165, 1.54) is 0 Å². The highest BCUT2D eigenvalue weighted by molar-refractivity contribution is 9.11. The molecule has 0 aliphatic carbocycles. The predicted molar refractivity (Wildman–Crippen MR) is 54.4 cm³/mol. The zero-order valence-electron chi connectivity index (χ0n) is 7.33. The first-order valence-electron chi connectivity index (χ1n) is 3.70. The van der Waals surface area contributed by atoms with Crippen LogP contribution < -0.4 is 0 Å². The van der Waals surface area contributed by atoms with Gasteiger partial charge in [-0.15, -0.1) is 0 Å². The lowest BCUT2D eigenvalue weighted by Gasteiger charge is -2.18. The van der Waals surface area contributed by atoms with Crippen LogP contribution in [0.3, 0.4) is 0 Å². The first-order valence-corrected chi connectivity index (χ1v) is 6.60. The number of carbonyl (C=O) groups is 1. The van der Waals surface area contributed by atoms with Crippen LogP contribution in [-0.4, -0.2) is 23.0 Å². The van der Waals surface area contributed by atoms with E-state index >= 15 is 0 Å². The Morgan fingerprint density at radius 3 is 2.08 bits per heavy atom. The Balaban J connectivity index is 4.57. The van der Waals surface area contributed by atoms with Crippen molar-refractivity contribution >= 4 is 40.4 Å². The Bertz CT molecular complexity index is 213. The van der Waals surface area contributed by atoms with Crippen molar-refractivity contribution < 1.29 is 18.4 Å². The quantitative estimate of drug-likeness (QED) is 0.429. The van der Waals surface area contributed by atoms with Crippen molar-refractivity contribution in [2.75, 3.05) is 13.2 Å². The summed E-state index contributed by atoms with van der Waals surface area (Å²) in [6.07, 6.45) is 0. The first kappa shape index (κ1) is 13.6. The Hall–Kier alpha value is 0.590. The Labute approximate surface area is 90.6 Å². The van der Waals surface area contributed by atoms with E-state index in [9.17, 15) is 9.36 Å². The van der Waals surface area contributed by atoms with Gasteiger partial charge < -0.3 is 9.05 Å². The summed E-state index contributed by atoms with van der Waals surface area (Å²) < 4.78 is 20.4. The SMILES string of the molecule is CCOP(=O)(OCC)C(Br)C(=O)Cl. The van der Waals surface area contributed by atoms with Gasteiger partial charge in [0.25, 0.3) is 0 Å². The van der Waals surface area contributed by atoms with Crippen LogP contribution in [0.15, 0.2) is 0 Å². The molecule has 0 aromatic heterocycles. The molecule has 0 bridgehead atoms. The van der Waals surface area contributed by atoms with E-state index < -0.39 is 17.4 Å². The van der Waals surface area contributed by atoms with Crippen molar-refractivity contribution in [1.82, 2.24) is 0 Å². The minimum Gasteiger partial charge on any atom is -0.308 e. The molecule has 0 spiro atoms. The van der Waals surface area contributed by atoms with Crippen molar-refractivity contribution in [1.29, 1.82) is 0 Å². The molecule has 4 nitrogen and oxygen atoms in total. The third-order valence-electron chi connectivity index (χ3n) is 1.08. The van der Waals surface area contributed by atoms with Gasteiger partial charge in [0.15, 0.2) is 4.57 Å². The number of hydrogen-bond acceptors (Lipinski definition) is 4. The fourth-order valence-electron chi connectivity index (χ4n) is 0.652. The minimum absolute atomic E-state index is 0.198. The highest BCUT2D eigenvalue weighted by Gasteiger charge is 2.38. The molecule has 0 rings (SSSR count). The fourth-order valence-corrected chi connectivity index (χ4v) is 3.02. The van der Waals surface area contributed by atoms with E-state index in [2.05, 4.69) is 15.9 Å². The maximum atomic E-state index is 11.8. The summed E-state index contributed by atoms with van der Waals surface area (Å²) in [7, 11) is -3.43. The molecule has 0 fully saturated rings. The minimum atomic E-state index is -3.43. The normalized spacial score (nSPS) is 14.2. The molecule has 0 radical (unpaired) electrons. The zero-order valence-corrected chi connectivity index (χ0v) is 10.6. The van der Waals surface area contributed by atoms with Crippen LogP contribution in [0.4, 0.5) is 0 Å². The zero-order chi connectivity index (χ0) is 10.5. The first-order chi connectivity index (χ1) is 5.98. The highest BCUT2D eigenvalue weighted by atomic mass is 79.9. The largest absolute Gasteiger partial charge is 0.353 e. The number of hydrogen-bond donors (Lipinski definition) is 0. The van der Waals surface area contributed by atoms with Crippen LogP contribution in [0.25, 0.3) is 0 Å². The number of alkyl halides is 1. The standard InChI is InChI=1S/C6H11BrClO4P/c1-3-11-13(10,12-4-2)5(7)6(8)9/h5H,3-4H2,1-2H3. The maximum Gasteiger partial charge on any atom is 0.353 e. The second-order valence-electron chi connectivity index (χ2n) is 2.02.